The Kier molecular flexibility index (Phi) is 6.95. The highest BCUT2D eigenvalue weighted by molar-refractivity contribution is 7.99. The third kappa shape index (κ3) is 5.50. The number of nitrogens with one attached hydrogen (secondary N) is 2. The van der Waals surface area contributed by atoms with E-state index in [0.29, 0.717) is 39.7 Å². The smallest absolute Gasteiger partial charge is 0.251 e. The van der Waals surface area contributed by atoms with E-state index in [4.69, 9.17) is 11.6 Å². The van der Waals surface area contributed by atoms with E-state index in [1.807, 2.05) is 7.05 Å². The summed E-state index contributed by atoms with van der Waals surface area (Å²) < 4.78 is 1.80. The van der Waals surface area contributed by atoms with Gasteiger partial charge in [0.05, 0.1) is 5.75 Å². The van der Waals surface area contributed by atoms with Gasteiger partial charge in [-0.2, -0.15) is 0 Å². The van der Waals surface area contributed by atoms with Crippen molar-refractivity contribution in [1.29, 1.82) is 0 Å². The first-order chi connectivity index (χ1) is 13.5. The van der Waals surface area contributed by atoms with Crippen LogP contribution in [0.1, 0.15) is 16.2 Å². The van der Waals surface area contributed by atoms with Crippen LogP contribution < -0.4 is 10.6 Å². The molecule has 3 aromatic rings. The third-order valence-corrected chi connectivity index (χ3v) is 5.48. The van der Waals surface area contributed by atoms with E-state index in [-0.39, 0.29) is 17.6 Å². The minimum Gasteiger partial charge on any atom is -0.352 e. The van der Waals surface area contributed by atoms with Crippen LogP contribution >= 0.6 is 34.7 Å². The van der Waals surface area contributed by atoms with Gasteiger partial charge >= 0.3 is 0 Å². The second-order valence-corrected chi connectivity index (χ2v) is 7.76. The number of nitrogens with zero attached hydrogens (tertiary/aromatic N) is 5. The van der Waals surface area contributed by atoms with Crippen LogP contribution in [-0.4, -0.2) is 49.1 Å². The Labute approximate surface area is 173 Å². The molecule has 0 bridgehead atoms. The summed E-state index contributed by atoms with van der Waals surface area (Å²) in [5, 5.41) is 22.8. The molecule has 0 fully saturated rings. The lowest BCUT2D eigenvalue weighted by molar-refractivity contribution is -0.113. The minimum absolute atomic E-state index is 0.179. The van der Waals surface area contributed by atoms with Crippen LogP contribution in [0.15, 0.2) is 34.9 Å². The average molecular weight is 438 g/mol. The molecule has 0 unspecified atom stereocenters. The van der Waals surface area contributed by atoms with Crippen molar-refractivity contribution in [1.82, 2.24) is 30.3 Å². The van der Waals surface area contributed by atoms with Gasteiger partial charge in [-0.05, 0) is 24.3 Å². The summed E-state index contributed by atoms with van der Waals surface area (Å²) in [5.74, 6) is 0.519. The van der Waals surface area contributed by atoms with E-state index in [1.165, 1.54) is 23.1 Å². The van der Waals surface area contributed by atoms with Gasteiger partial charge in [-0.25, -0.2) is 0 Å². The largest absolute Gasteiger partial charge is 0.352 e. The Hall–Kier alpha value is -2.50. The standard InChI is InChI=1S/C16H16ClN7O2S2/c1-24-12(6-7-18-14(26)10-2-4-11(17)5-3-10)21-23-16(24)27-8-13(25)20-15-22-19-9-28-15/h2-5,9H,6-8H2,1H3,(H,18,26)(H,20,22,25). The molecule has 2 aromatic heterocycles. The molecular weight excluding hydrogens is 422 g/mol. The molecule has 0 aliphatic carbocycles. The highest BCUT2D eigenvalue weighted by atomic mass is 35.5. The van der Waals surface area contributed by atoms with Crippen LogP contribution in [0.2, 0.25) is 5.02 Å². The average Bonchev–Trinajstić information content (AvgIpc) is 3.31. The molecule has 2 amide bonds. The second-order valence-electron chi connectivity index (χ2n) is 5.55. The number of aromatic nitrogens is 5. The van der Waals surface area contributed by atoms with Crippen LogP contribution in [-0.2, 0) is 18.3 Å². The number of hydrogen-bond donors (Lipinski definition) is 2. The van der Waals surface area contributed by atoms with Crippen LogP contribution in [0.25, 0.3) is 0 Å². The third-order valence-electron chi connectivity index (χ3n) is 3.60. The molecule has 28 heavy (non-hydrogen) atoms. The maximum Gasteiger partial charge on any atom is 0.251 e. The number of halogens is 1. The lowest BCUT2D eigenvalue weighted by Gasteiger charge is -2.06. The number of anilines is 1. The van der Waals surface area contributed by atoms with Gasteiger partial charge in [-0.1, -0.05) is 34.7 Å². The Morgan fingerprint density at radius 2 is 2.00 bits per heavy atom. The van der Waals surface area contributed by atoms with Crippen molar-refractivity contribution in [2.75, 3.05) is 17.6 Å². The molecule has 2 N–H and O–H groups in total. The quantitative estimate of drug-likeness (QED) is 0.518. The molecule has 0 atom stereocenters. The zero-order chi connectivity index (χ0) is 19.9. The summed E-state index contributed by atoms with van der Waals surface area (Å²) >= 11 is 8.34. The zero-order valence-electron chi connectivity index (χ0n) is 14.8. The fourth-order valence-corrected chi connectivity index (χ4v) is 3.51. The predicted octanol–water partition coefficient (Wildman–Crippen LogP) is 2.02. The molecule has 0 aliphatic heterocycles. The van der Waals surface area contributed by atoms with E-state index in [1.54, 1.807) is 34.3 Å². The lowest BCUT2D eigenvalue weighted by atomic mass is 10.2. The number of hydrogen-bond acceptors (Lipinski definition) is 8. The fraction of sp³-hybridized carbons (Fsp3) is 0.250. The first-order valence-corrected chi connectivity index (χ1v) is 10.4. The number of thioether (sulfide) groups is 1. The summed E-state index contributed by atoms with van der Waals surface area (Å²) in [7, 11) is 1.82. The number of carbonyl (C=O) groups is 2. The maximum atomic E-state index is 12.1. The Morgan fingerprint density at radius 3 is 2.71 bits per heavy atom. The van der Waals surface area contributed by atoms with Gasteiger partial charge in [-0.3, -0.25) is 14.9 Å². The van der Waals surface area contributed by atoms with Gasteiger partial charge in [0.2, 0.25) is 11.0 Å². The van der Waals surface area contributed by atoms with Crippen LogP contribution in [0, 0.1) is 0 Å². The molecule has 0 radical (unpaired) electrons. The van der Waals surface area contributed by atoms with Crippen molar-refractivity contribution in [3.63, 3.8) is 0 Å². The first-order valence-electron chi connectivity index (χ1n) is 8.14. The molecule has 9 nitrogen and oxygen atoms in total. The van der Waals surface area contributed by atoms with E-state index >= 15 is 0 Å². The maximum absolute atomic E-state index is 12.1. The summed E-state index contributed by atoms with van der Waals surface area (Å²) in [6, 6.07) is 6.68. The van der Waals surface area contributed by atoms with Crippen molar-refractivity contribution in [3.8, 4) is 0 Å². The highest BCUT2D eigenvalue weighted by Crippen LogP contribution is 2.17. The van der Waals surface area contributed by atoms with Crippen LogP contribution in [0.4, 0.5) is 5.13 Å². The Balaban J connectivity index is 1.45. The molecule has 0 spiro atoms. The molecule has 146 valence electrons. The van der Waals surface area contributed by atoms with E-state index < -0.39 is 0 Å². The molecule has 0 saturated carbocycles. The summed E-state index contributed by atoms with van der Waals surface area (Å²) in [5.41, 5.74) is 2.09. The van der Waals surface area contributed by atoms with Gasteiger partial charge in [0.25, 0.3) is 5.91 Å². The van der Waals surface area contributed by atoms with Crippen LogP contribution in [0.3, 0.4) is 0 Å². The van der Waals surface area contributed by atoms with Gasteiger partial charge in [0.15, 0.2) is 5.16 Å². The number of rotatable bonds is 8. The van der Waals surface area contributed by atoms with Crippen molar-refractivity contribution < 1.29 is 9.59 Å². The molecule has 0 aliphatic rings. The highest BCUT2D eigenvalue weighted by Gasteiger charge is 2.13. The number of benzene rings is 1. The van der Waals surface area contributed by atoms with Crippen LogP contribution in [0.5, 0.6) is 0 Å². The Bertz CT molecular complexity index is 945. The van der Waals surface area contributed by atoms with Crippen molar-refractivity contribution >= 4 is 51.6 Å². The summed E-state index contributed by atoms with van der Waals surface area (Å²) in [4.78, 5) is 24.0. The van der Waals surface area contributed by atoms with E-state index in [9.17, 15) is 9.59 Å². The molecule has 3 rings (SSSR count). The predicted molar refractivity (Wildman–Crippen MR) is 108 cm³/mol. The van der Waals surface area contributed by atoms with Crippen molar-refractivity contribution in [2.24, 2.45) is 7.05 Å². The first kappa shape index (κ1) is 20.2. The number of carbonyl (C=O) groups excluding carboxylic acids is 2. The lowest BCUT2D eigenvalue weighted by Crippen LogP contribution is -2.26. The van der Waals surface area contributed by atoms with Crippen molar-refractivity contribution in [3.05, 3.63) is 46.2 Å². The van der Waals surface area contributed by atoms with Gasteiger partial charge < -0.3 is 9.88 Å². The van der Waals surface area contributed by atoms with E-state index in [0.717, 1.165) is 0 Å². The van der Waals surface area contributed by atoms with Gasteiger partial charge in [-0.15, -0.1) is 20.4 Å². The van der Waals surface area contributed by atoms with Gasteiger partial charge in [0.1, 0.15) is 11.3 Å². The molecule has 0 saturated heterocycles. The Morgan fingerprint density at radius 1 is 1.21 bits per heavy atom. The molecule has 12 heteroatoms. The summed E-state index contributed by atoms with van der Waals surface area (Å²) in [6.07, 6.45) is 0.514. The van der Waals surface area contributed by atoms with Crippen molar-refractivity contribution in [2.45, 2.75) is 11.6 Å². The second kappa shape index (κ2) is 9.62. The SMILES string of the molecule is Cn1c(CCNC(=O)c2ccc(Cl)cc2)nnc1SCC(=O)Nc1nncs1. The normalized spacial score (nSPS) is 10.6. The summed E-state index contributed by atoms with van der Waals surface area (Å²) in [6.45, 7) is 0.412. The van der Waals surface area contributed by atoms with E-state index in [2.05, 4.69) is 31.0 Å². The number of amides is 2. The molecule has 2 heterocycles. The minimum atomic E-state index is -0.193. The van der Waals surface area contributed by atoms with Gasteiger partial charge in [0, 0.05) is 30.6 Å². The fourth-order valence-electron chi connectivity index (χ4n) is 2.19. The zero-order valence-corrected chi connectivity index (χ0v) is 17.1. The monoisotopic (exact) mass is 437 g/mol. The molecular formula is C16H16ClN7O2S2. The molecule has 1 aromatic carbocycles. The topological polar surface area (TPSA) is 115 Å².